The van der Waals surface area contributed by atoms with Crippen molar-refractivity contribution < 1.29 is 4.74 Å². The predicted molar refractivity (Wildman–Crippen MR) is 131 cm³/mol. The van der Waals surface area contributed by atoms with Gasteiger partial charge in [0.15, 0.2) is 11.3 Å². The van der Waals surface area contributed by atoms with Crippen LogP contribution in [0.3, 0.4) is 0 Å². The van der Waals surface area contributed by atoms with Crippen molar-refractivity contribution in [3.63, 3.8) is 0 Å². The summed E-state index contributed by atoms with van der Waals surface area (Å²) in [5.74, 6) is 0.0638. The zero-order valence-electron chi connectivity index (χ0n) is 20.1. The summed E-state index contributed by atoms with van der Waals surface area (Å²) >= 11 is 0. The fraction of sp³-hybridized carbons (Fsp3) is 0.464. The molecule has 2 aliphatic heterocycles. The van der Waals surface area contributed by atoms with Crippen molar-refractivity contribution >= 4 is 0 Å². The second-order valence-corrected chi connectivity index (χ2v) is 8.81. The van der Waals surface area contributed by atoms with Crippen LogP contribution in [0.25, 0.3) is 0 Å². The maximum atomic E-state index is 9.59. The average molecular weight is 443 g/mol. The van der Waals surface area contributed by atoms with Crippen molar-refractivity contribution in [1.29, 1.82) is 15.8 Å². The van der Waals surface area contributed by atoms with E-state index in [-0.39, 0.29) is 16.9 Å². The van der Waals surface area contributed by atoms with E-state index in [4.69, 9.17) is 15.3 Å². The number of rotatable bonds is 11. The summed E-state index contributed by atoms with van der Waals surface area (Å²) in [5.41, 5.74) is 0.967. The van der Waals surface area contributed by atoms with Crippen molar-refractivity contribution in [2.75, 3.05) is 6.54 Å². The summed E-state index contributed by atoms with van der Waals surface area (Å²) in [5, 5.41) is 27.9. The zero-order valence-corrected chi connectivity index (χ0v) is 20.1. The van der Waals surface area contributed by atoms with Crippen LogP contribution < -0.4 is 0 Å². The Morgan fingerprint density at radius 3 is 2.15 bits per heavy atom. The van der Waals surface area contributed by atoms with Crippen LogP contribution in [0.1, 0.15) is 72.1 Å². The van der Waals surface area contributed by atoms with E-state index in [2.05, 4.69) is 42.4 Å². The lowest BCUT2D eigenvalue weighted by Gasteiger charge is -2.20. The molecule has 0 radical (unpaired) electrons. The van der Waals surface area contributed by atoms with Gasteiger partial charge in [-0.2, -0.15) is 15.8 Å². The number of hydrogen-bond acceptors (Lipinski definition) is 5. The van der Waals surface area contributed by atoms with Gasteiger partial charge in [-0.25, -0.2) is 0 Å². The molecule has 0 unspecified atom stereocenters. The molecule has 5 nitrogen and oxygen atoms in total. The van der Waals surface area contributed by atoms with Gasteiger partial charge in [0.2, 0.25) is 0 Å². The molecule has 5 heteroatoms. The van der Waals surface area contributed by atoms with Gasteiger partial charge in [0.05, 0.1) is 0 Å². The van der Waals surface area contributed by atoms with Crippen LogP contribution in [0.4, 0.5) is 0 Å². The Bertz CT molecular complexity index is 968. The molecule has 0 saturated carbocycles. The van der Waals surface area contributed by atoms with Crippen LogP contribution in [0, 0.1) is 34.0 Å². The first-order valence-electron chi connectivity index (χ1n) is 11.9. The third kappa shape index (κ3) is 7.55. The summed E-state index contributed by atoms with van der Waals surface area (Å²) in [7, 11) is 0. The summed E-state index contributed by atoms with van der Waals surface area (Å²) < 4.78 is 5.78. The highest BCUT2D eigenvalue weighted by Gasteiger charge is 2.38. The molecule has 0 saturated heterocycles. The minimum absolute atomic E-state index is 0.0638. The van der Waals surface area contributed by atoms with Crippen LogP contribution in [0.2, 0.25) is 0 Å². The number of unbranched alkanes of at least 4 members (excludes halogenated alkanes) is 7. The fourth-order valence-electron chi connectivity index (χ4n) is 3.89. The average Bonchev–Trinajstić information content (AvgIpc) is 3.07. The normalized spacial score (nSPS) is 16.5. The van der Waals surface area contributed by atoms with Gasteiger partial charge >= 0.3 is 0 Å². The molecule has 0 amide bonds. The molecule has 33 heavy (non-hydrogen) atoms. The van der Waals surface area contributed by atoms with Crippen LogP contribution in [-0.2, 0) is 4.74 Å². The number of ether oxygens (including phenoxy) is 1. The smallest absolute Gasteiger partial charge is 0.172 e. The highest BCUT2D eigenvalue weighted by molar-refractivity contribution is 5.60. The number of hydrogen-bond donors (Lipinski definition) is 0. The topological polar surface area (TPSA) is 83.8 Å². The molecular weight excluding hydrogens is 408 g/mol. The third-order valence-corrected chi connectivity index (χ3v) is 5.80. The molecule has 0 spiro atoms. The second-order valence-electron chi connectivity index (χ2n) is 8.81. The Morgan fingerprint density at radius 1 is 0.970 bits per heavy atom. The van der Waals surface area contributed by atoms with E-state index in [1.165, 1.54) is 51.4 Å². The molecule has 0 aliphatic carbocycles. The van der Waals surface area contributed by atoms with Gasteiger partial charge in [-0.1, -0.05) is 70.1 Å². The number of nitrogens with zero attached hydrogens (tertiary/aromatic N) is 4. The Labute approximate surface area is 198 Å². The van der Waals surface area contributed by atoms with Crippen molar-refractivity contribution in [1.82, 2.24) is 4.90 Å². The lowest BCUT2D eigenvalue weighted by atomic mass is 9.94. The molecule has 2 aliphatic rings. The summed E-state index contributed by atoms with van der Waals surface area (Å²) in [6.07, 6.45) is 24.5. The monoisotopic (exact) mass is 442 g/mol. The second kappa shape index (κ2) is 13.1. The minimum Gasteiger partial charge on any atom is -0.480 e. The number of nitriles is 3. The summed E-state index contributed by atoms with van der Waals surface area (Å²) in [6.45, 7) is 6.92. The Hall–Kier alpha value is -3.49. The quantitative estimate of drug-likeness (QED) is 0.257. The van der Waals surface area contributed by atoms with Gasteiger partial charge in [0.25, 0.3) is 0 Å². The van der Waals surface area contributed by atoms with Crippen LogP contribution >= 0.6 is 0 Å². The van der Waals surface area contributed by atoms with Crippen LogP contribution in [-0.4, -0.2) is 17.0 Å². The third-order valence-electron chi connectivity index (χ3n) is 5.80. The molecule has 0 aromatic carbocycles. The van der Waals surface area contributed by atoms with E-state index in [1.807, 2.05) is 44.2 Å². The molecule has 0 bridgehead atoms. The van der Waals surface area contributed by atoms with Gasteiger partial charge in [-0.15, -0.1) is 0 Å². The van der Waals surface area contributed by atoms with Gasteiger partial charge in [-0.3, -0.25) is 0 Å². The Morgan fingerprint density at radius 2 is 1.58 bits per heavy atom. The van der Waals surface area contributed by atoms with Gasteiger partial charge in [0, 0.05) is 24.5 Å². The van der Waals surface area contributed by atoms with Crippen molar-refractivity contribution in [2.45, 2.75) is 77.7 Å². The predicted octanol–water partition coefficient (Wildman–Crippen LogP) is 6.88. The van der Waals surface area contributed by atoms with Crippen molar-refractivity contribution in [3.05, 3.63) is 70.8 Å². The van der Waals surface area contributed by atoms with E-state index in [9.17, 15) is 5.26 Å². The molecule has 0 aromatic rings. The molecule has 2 heterocycles. The Balaban J connectivity index is 1.91. The maximum absolute atomic E-state index is 9.59. The zero-order chi connectivity index (χ0) is 24.1. The highest BCUT2D eigenvalue weighted by atomic mass is 16.5. The van der Waals surface area contributed by atoms with Gasteiger partial charge < -0.3 is 9.64 Å². The highest BCUT2D eigenvalue weighted by Crippen LogP contribution is 2.40. The fourth-order valence-corrected chi connectivity index (χ4v) is 3.89. The molecule has 0 fully saturated rings. The first-order chi connectivity index (χ1) is 16.0. The summed E-state index contributed by atoms with van der Waals surface area (Å²) in [4.78, 5) is 2.21. The van der Waals surface area contributed by atoms with E-state index in [0.29, 0.717) is 5.57 Å². The molecule has 0 atom stereocenters. The van der Waals surface area contributed by atoms with E-state index < -0.39 is 5.60 Å². The first-order valence-corrected chi connectivity index (χ1v) is 11.9. The van der Waals surface area contributed by atoms with E-state index >= 15 is 0 Å². The van der Waals surface area contributed by atoms with Crippen molar-refractivity contribution in [2.24, 2.45) is 0 Å². The summed E-state index contributed by atoms with van der Waals surface area (Å²) in [6, 6.07) is 5.71. The molecule has 2 rings (SSSR count). The Kier molecular flexibility index (Phi) is 10.3. The lowest BCUT2D eigenvalue weighted by molar-refractivity contribution is 0.0954. The molecule has 0 N–H and O–H groups in total. The van der Waals surface area contributed by atoms with Gasteiger partial charge in [-0.05, 0) is 38.0 Å². The van der Waals surface area contributed by atoms with E-state index in [1.54, 1.807) is 0 Å². The standard InChI is InChI=1S/C28H34N4O/c1-4-5-6-7-8-9-10-11-17-32-18-15-23(16-19-32)13-12-14-26-25(22-31)27(24(20-29)21-30)33-28(26,2)3/h12-16,18-19H,4-11,17H2,1-3H3/b14-12+. The minimum atomic E-state index is -0.792. The van der Waals surface area contributed by atoms with E-state index in [0.717, 1.165) is 12.1 Å². The van der Waals surface area contributed by atoms with Crippen molar-refractivity contribution in [3.8, 4) is 18.2 Å². The number of allylic oxidation sites excluding steroid dienone is 7. The molecule has 172 valence electrons. The molecule has 0 aromatic heterocycles. The SMILES string of the molecule is CCCCCCCCCCN1C=CC(=C/C=C/C2=C(C#N)C(=C(C#N)C#N)OC2(C)C)C=C1. The van der Waals surface area contributed by atoms with Gasteiger partial charge in [0.1, 0.15) is 29.4 Å². The first kappa shape index (κ1) is 25.8. The molecular formula is C28H34N4O. The maximum Gasteiger partial charge on any atom is 0.172 e. The largest absolute Gasteiger partial charge is 0.480 e. The van der Waals surface area contributed by atoms with Crippen LogP contribution in [0.15, 0.2) is 70.8 Å². The lowest BCUT2D eigenvalue weighted by Crippen LogP contribution is -2.20. The van der Waals surface area contributed by atoms with Crippen LogP contribution in [0.5, 0.6) is 0 Å².